The molecule has 0 spiro atoms. The van der Waals surface area contributed by atoms with Crippen LogP contribution in [0.25, 0.3) is 0 Å². The molecule has 0 fully saturated rings. The fraction of sp³-hybridized carbons (Fsp3) is 0.333. The molecule has 0 aliphatic carbocycles. The molecule has 4 heteroatoms. The first kappa shape index (κ1) is 17.2. The maximum absolute atomic E-state index is 12.2. The van der Waals surface area contributed by atoms with Crippen LogP contribution >= 0.6 is 0 Å². The number of carbonyl (C=O) groups is 2. The Kier molecular flexibility index (Phi) is 5.49. The summed E-state index contributed by atoms with van der Waals surface area (Å²) in [7, 11) is 0. The average molecular weight is 336 g/mol. The van der Waals surface area contributed by atoms with Crippen molar-refractivity contribution in [1.29, 1.82) is 0 Å². The van der Waals surface area contributed by atoms with E-state index in [0.29, 0.717) is 19.3 Å². The van der Waals surface area contributed by atoms with Crippen LogP contribution in [-0.2, 0) is 22.4 Å². The van der Waals surface area contributed by atoms with Crippen molar-refractivity contribution >= 4 is 23.2 Å². The molecule has 1 atom stereocenters. The molecule has 0 bridgehead atoms. The number of aryl methyl sites for hydroxylation is 1. The van der Waals surface area contributed by atoms with Crippen LogP contribution in [0.15, 0.2) is 48.5 Å². The number of amides is 2. The molecular weight excluding hydrogens is 312 g/mol. The molecule has 2 amide bonds. The Hall–Kier alpha value is -2.62. The molecule has 1 aliphatic heterocycles. The highest BCUT2D eigenvalue weighted by atomic mass is 16.2. The largest absolute Gasteiger partial charge is 0.326 e. The number of benzene rings is 2. The number of hydrogen-bond donors (Lipinski definition) is 2. The van der Waals surface area contributed by atoms with E-state index >= 15 is 0 Å². The lowest BCUT2D eigenvalue weighted by Gasteiger charge is -2.24. The van der Waals surface area contributed by atoms with E-state index in [0.717, 1.165) is 29.8 Å². The van der Waals surface area contributed by atoms with Gasteiger partial charge in [-0.3, -0.25) is 9.59 Å². The number of para-hydroxylation sites is 1. The predicted octanol–water partition coefficient (Wildman–Crippen LogP) is 4.17. The Balaban J connectivity index is 1.51. The summed E-state index contributed by atoms with van der Waals surface area (Å²) in [5.74, 6) is -0.183. The van der Waals surface area contributed by atoms with Crippen LogP contribution in [-0.4, -0.2) is 11.8 Å². The third-order valence-electron chi connectivity index (χ3n) is 4.61. The van der Waals surface area contributed by atoms with Crippen molar-refractivity contribution in [2.24, 2.45) is 5.92 Å². The normalized spacial score (nSPS) is 16.0. The lowest BCUT2D eigenvalue weighted by molar-refractivity contribution is -0.121. The van der Waals surface area contributed by atoms with Gasteiger partial charge < -0.3 is 10.6 Å². The van der Waals surface area contributed by atoms with Crippen molar-refractivity contribution < 1.29 is 9.59 Å². The molecule has 130 valence electrons. The molecule has 0 radical (unpaired) electrons. The van der Waals surface area contributed by atoms with Crippen molar-refractivity contribution in [2.75, 3.05) is 10.6 Å². The Bertz CT molecular complexity index is 753. The molecule has 25 heavy (non-hydrogen) atoms. The smallest absolute Gasteiger partial charge is 0.227 e. The molecule has 0 aromatic heterocycles. The molecule has 2 N–H and O–H groups in total. The fourth-order valence-corrected chi connectivity index (χ4v) is 3.22. The minimum absolute atomic E-state index is 0.00965. The van der Waals surface area contributed by atoms with Gasteiger partial charge in [-0.25, -0.2) is 0 Å². The molecule has 4 nitrogen and oxygen atoms in total. The van der Waals surface area contributed by atoms with Crippen LogP contribution in [0.5, 0.6) is 0 Å². The van der Waals surface area contributed by atoms with Crippen LogP contribution in [0.2, 0.25) is 0 Å². The summed E-state index contributed by atoms with van der Waals surface area (Å²) in [6.07, 6.45) is 3.75. The summed E-state index contributed by atoms with van der Waals surface area (Å²) >= 11 is 0. The lowest BCUT2D eigenvalue weighted by atomic mass is 9.89. The first-order chi connectivity index (χ1) is 12.2. The summed E-state index contributed by atoms with van der Waals surface area (Å²) in [4.78, 5) is 24.4. The van der Waals surface area contributed by atoms with Gasteiger partial charge in [0.2, 0.25) is 11.8 Å². The highest BCUT2D eigenvalue weighted by molar-refractivity contribution is 5.96. The van der Waals surface area contributed by atoms with E-state index in [1.165, 1.54) is 5.56 Å². The van der Waals surface area contributed by atoms with E-state index in [-0.39, 0.29) is 17.7 Å². The Labute approximate surface area is 148 Å². The van der Waals surface area contributed by atoms with Gasteiger partial charge in [-0.15, -0.1) is 0 Å². The number of anilines is 2. The predicted molar refractivity (Wildman–Crippen MR) is 101 cm³/mol. The van der Waals surface area contributed by atoms with Crippen molar-refractivity contribution in [2.45, 2.75) is 39.0 Å². The summed E-state index contributed by atoms with van der Waals surface area (Å²) in [6, 6.07) is 15.8. The van der Waals surface area contributed by atoms with Gasteiger partial charge in [0.25, 0.3) is 0 Å². The summed E-state index contributed by atoms with van der Waals surface area (Å²) in [6.45, 7) is 2.15. The number of carbonyl (C=O) groups excluding carboxylic acids is 2. The number of nitrogens with one attached hydrogen (secondary N) is 2. The standard InChI is InChI=1S/C21H24N2O2/c1-2-5-15-8-11-18(12-9-15)22-20(24)13-10-17-14-16-6-3-4-7-19(16)23-21(17)25/h3-4,6-9,11-12,17H,2,5,10,13-14H2,1H3,(H,22,24)(H,23,25)/t17-/m1/s1. The zero-order valence-corrected chi connectivity index (χ0v) is 14.5. The van der Waals surface area contributed by atoms with Crippen LogP contribution in [0.1, 0.15) is 37.3 Å². The van der Waals surface area contributed by atoms with Crippen molar-refractivity contribution in [3.8, 4) is 0 Å². The Morgan fingerprint density at radius 2 is 1.92 bits per heavy atom. The number of rotatable bonds is 6. The van der Waals surface area contributed by atoms with Gasteiger partial charge in [-0.1, -0.05) is 43.7 Å². The third-order valence-corrected chi connectivity index (χ3v) is 4.61. The minimum atomic E-state index is -0.146. The molecule has 1 heterocycles. The molecule has 0 saturated carbocycles. The van der Waals surface area contributed by atoms with Crippen LogP contribution in [0.4, 0.5) is 11.4 Å². The second-order valence-corrected chi connectivity index (χ2v) is 6.58. The quantitative estimate of drug-likeness (QED) is 0.832. The van der Waals surface area contributed by atoms with Crippen molar-refractivity contribution in [1.82, 2.24) is 0 Å². The highest BCUT2D eigenvalue weighted by Crippen LogP contribution is 2.27. The molecule has 1 aliphatic rings. The second kappa shape index (κ2) is 7.97. The van der Waals surface area contributed by atoms with Gasteiger partial charge in [0.05, 0.1) is 0 Å². The SMILES string of the molecule is CCCc1ccc(NC(=O)CC[C@@H]2Cc3ccccc3NC2=O)cc1. The van der Waals surface area contributed by atoms with Gasteiger partial charge in [-0.05, 0) is 48.6 Å². The van der Waals surface area contributed by atoms with Gasteiger partial charge >= 0.3 is 0 Å². The van der Waals surface area contributed by atoms with Crippen molar-refractivity contribution in [3.63, 3.8) is 0 Å². The fourth-order valence-electron chi connectivity index (χ4n) is 3.22. The summed E-state index contributed by atoms with van der Waals surface area (Å²) in [5.41, 5.74) is 4.11. The topological polar surface area (TPSA) is 58.2 Å². The lowest BCUT2D eigenvalue weighted by Crippen LogP contribution is -2.30. The average Bonchev–Trinajstić information content (AvgIpc) is 2.62. The molecule has 2 aromatic carbocycles. The van der Waals surface area contributed by atoms with Gasteiger partial charge in [-0.2, -0.15) is 0 Å². The van der Waals surface area contributed by atoms with Crippen LogP contribution in [0.3, 0.4) is 0 Å². The van der Waals surface area contributed by atoms with E-state index in [9.17, 15) is 9.59 Å². The Morgan fingerprint density at radius 1 is 1.16 bits per heavy atom. The first-order valence-electron chi connectivity index (χ1n) is 8.93. The minimum Gasteiger partial charge on any atom is -0.326 e. The van der Waals surface area contributed by atoms with Gasteiger partial charge in [0.1, 0.15) is 0 Å². The maximum atomic E-state index is 12.2. The summed E-state index contributed by atoms with van der Waals surface area (Å²) < 4.78 is 0. The maximum Gasteiger partial charge on any atom is 0.227 e. The molecule has 0 saturated heterocycles. The van der Waals surface area contributed by atoms with E-state index in [1.807, 2.05) is 48.5 Å². The van der Waals surface area contributed by atoms with Crippen molar-refractivity contribution in [3.05, 3.63) is 59.7 Å². The summed E-state index contributed by atoms with van der Waals surface area (Å²) in [5, 5.41) is 5.85. The van der Waals surface area contributed by atoms with E-state index < -0.39 is 0 Å². The van der Waals surface area contributed by atoms with E-state index in [4.69, 9.17) is 0 Å². The van der Waals surface area contributed by atoms with Gasteiger partial charge in [0.15, 0.2) is 0 Å². The third kappa shape index (κ3) is 4.47. The van der Waals surface area contributed by atoms with Gasteiger partial charge in [0, 0.05) is 23.7 Å². The molecule has 2 aromatic rings. The Morgan fingerprint density at radius 3 is 2.68 bits per heavy atom. The molecule has 0 unspecified atom stereocenters. The number of fused-ring (bicyclic) bond motifs is 1. The van der Waals surface area contributed by atoms with Crippen LogP contribution < -0.4 is 10.6 Å². The number of hydrogen-bond acceptors (Lipinski definition) is 2. The first-order valence-corrected chi connectivity index (χ1v) is 8.93. The van der Waals surface area contributed by atoms with E-state index in [2.05, 4.69) is 17.6 Å². The van der Waals surface area contributed by atoms with E-state index in [1.54, 1.807) is 0 Å². The second-order valence-electron chi connectivity index (χ2n) is 6.58. The monoisotopic (exact) mass is 336 g/mol. The zero-order valence-electron chi connectivity index (χ0n) is 14.5. The molecular formula is C21H24N2O2. The highest BCUT2D eigenvalue weighted by Gasteiger charge is 2.26. The molecule has 3 rings (SSSR count). The van der Waals surface area contributed by atoms with Crippen LogP contribution in [0, 0.1) is 5.92 Å². The zero-order chi connectivity index (χ0) is 17.6.